The normalized spacial score (nSPS) is 11.6. The summed E-state index contributed by atoms with van der Waals surface area (Å²) in [5.41, 5.74) is 3.07. The predicted octanol–water partition coefficient (Wildman–Crippen LogP) is 4.04. The van der Waals surface area contributed by atoms with Crippen LogP contribution in [0, 0.1) is 0 Å². The summed E-state index contributed by atoms with van der Waals surface area (Å²) in [7, 11) is 2.50. The van der Waals surface area contributed by atoms with Crippen LogP contribution >= 0.6 is 23.2 Å². The van der Waals surface area contributed by atoms with Crippen LogP contribution in [0.25, 0.3) is 23.0 Å². The summed E-state index contributed by atoms with van der Waals surface area (Å²) in [6.07, 6.45) is 3.39. The highest BCUT2D eigenvalue weighted by Crippen LogP contribution is 2.29. The van der Waals surface area contributed by atoms with E-state index in [0.717, 1.165) is 0 Å². The number of ether oxygens (including phenoxy) is 2. The molecule has 41 heavy (non-hydrogen) atoms. The first kappa shape index (κ1) is 29.1. The number of nitrogens with zero attached hydrogens (tertiary/aromatic N) is 6. The van der Waals surface area contributed by atoms with E-state index in [2.05, 4.69) is 41.1 Å². The molecule has 0 saturated heterocycles. The van der Waals surface area contributed by atoms with E-state index in [-0.39, 0.29) is 11.6 Å². The molecule has 0 bridgehead atoms. The van der Waals surface area contributed by atoms with Crippen molar-refractivity contribution >= 4 is 52.9 Å². The third-order valence-electron chi connectivity index (χ3n) is 5.68. The standard InChI is InChI=1S/C26H22Cl2N8O5/c1-40-24(38)13-21(31-23(37)10-5-16-11-17(27)6-9-22(16)36-14-29-34-35-36)19-12-20(32-33-25(19)28)15-3-7-18(8-4-15)30-26(39)41-2/h3-12,14,21H,13H2,1-2H3,(H,30,39)(H,31,37). The van der Waals surface area contributed by atoms with Crippen molar-refractivity contribution < 1.29 is 23.9 Å². The topological polar surface area (TPSA) is 163 Å². The van der Waals surface area contributed by atoms with Crippen LogP contribution in [0.2, 0.25) is 10.2 Å². The molecule has 2 amide bonds. The van der Waals surface area contributed by atoms with Crippen molar-refractivity contribution in [3.63, 3.8) is 0 Å². The Morgan fingerprint density at radius 3 is 2.49 bits per heavy atom. The summed E-state index contributed by atoms with van der Waals surface area (Å²) >= 11 is 12.5. The minimum Gasteiger partial charge on any atom is -0.469 e. The Morgan fingerprint density at radius 2 is 1.80 bits per heavy atom. The molecule has 0 saturated carbocycles. The molecule has 0 aliphatic carbocycles. The maximum atomic E-state index is 13.0. The number of esters is 1. The highest BCUT2D eigenvalue weighted by Gasteiger charge is 2.23. The maximum Gasteiger partial charge on any atom is 0.411 e. The Balaban J connectivity index is 1.59. The van der Waals surface area contributed by atoms with E-state index < -0.39 is 24.0 Å². The average Bonchev–Trinajstić information content (AvgIpc) is 3.51. The van der Waals surface area contributed by atoms with Crippen LogP contribution in [0.3, 0.4) is 0 Å². The van der Waals surface area contributed by atoms with Crippen LogP contribution in [0.5, 0.6) is 0 Å². The van der Waals surface area contributed by atoms with Gasteiger partial charge in [-0.2, -0.15) is 4.68 Å². The third-order valence-corrected chi connectivity index (χ3v) is 6.21. The lowest BCUT2D eigenvalue weighted by molar-refractivity contribution is -0.141. The second-order valence-electron chi connectivity index (χ2n) is 8.30. The van der Waals surface area contributed by atoms with Gasteiger partial charge in [0.05, 0.1) is 38.1 Å². The van der Waals surface area contributed by atoms with E-state index in [9.17, 15) is 14.4 Å². The number of benzene rings is 2. The molecule has 2 N–H and O–H groups in total. The number of nitrogens with one attached hydrogen (secondary N) is 2. The summed E-state index contributed by atoms with van der Waals surface area (Å²) in [5.74, 6) is -1.11. The van der Waals surface area contributed by atoms with Gasteiger partial charge in [-0.3, -0.25) is 14.9 Å². The number of carbonyl (C=O) groups excluding carboxylic acids is 3. The molecule has 0 aliphatic rings. The minimum atomic E-state index is -0.903. The Labute approximate surface area is 243 Å². The van der Waals surface area contributed by atoms with Crippen molar-refractivity contribution in [1.29, 1.82) is 0 Å². The van der Waals surface area contributed by atoms with E-state index in [1.165, 1.54) is 37.4 Å². The SMILES string of the molecule is COC(=O)CC(NC(=O)C=Cc1cc(Cl)ccc1-n1cnnn1)c1cc(-c2ccc(NC(=O)OC)cc2)nnc1Cl. The van der Waals surface area contributed by atoms with E-state index in [1.54, 1.807) is 48.5 Å². The van der Waals surface area contributed by atoms with Crippen molar-refractivity contribution in [2.45, 2.75) is 12.5 Å². The van der Waals surface area contributed by atoms with Crippen molar-refractivity contribution in [1.82, 2.24) is 35.7 Å². The summed E-state index contributed by atoms with van der Waals surface area (Å²) in [6.45, 7) is 0. The largest absolute Gasteiger partial charge is 0.469 e. The molecule has 0 fully saturated rings. The van der Waals surface area contributed by atoms with Crippen LogP contribution in [0.1, 0.15) is 23.6 Å². The van der Waals surface area contributed by atoms with E-state index in [0.29, 0.717) is 38.8 Å². The van der Waals surface area contributed by atoms with Crippen LogP contribution < -0.4 is 10.6 Å². The first-order valence-electron chi connectivity index (χ1n) is 11.8. The fourth-order valence-corrected chi connectivity index (χ4v) is 4.09. The fourth-order valence-electron chi connectivity index (χ4n) is 3.68. The molecule has 1 unspecified atom stereocenters. The van der Waals surface area contributed by atoms with Gasteiger partial charge in [0.1, 0.15) is 6.33 Å². The van der Waals surface area contributed by atoms with E-state index in [4.69, 9.17) is 27.9 Å². The van der Waals surface area contributed by atoms with Crippen LogP contribution in [-0.2, 0) is 19.1 Å². The number of amides is 2. The number of rotatable bonds is 9. The second-order valence-corrected chi connectivity index (χ2v) is 9.10. The molecule has 2 heterocycles. The maximum absolute atomic E-state index is 13.0. The lowest BCUT2D eigenvalue weighted by atomic mass is 10.0. The zero-order valence-corrected chi connectivity index (χ0v) is 23.1. The summed E-state index contributed by atoms with van der Waals surface area (Å²) in [6, 6.07) is 12.5. The molecule has 210 valence electrons. The third kappa shape index (κ3) is 7.62. The van der Waals surface area contributed by atoms with Crippen LogP contribution in [0.4, 0.5) is 10.5 Å². The van der Waals surface area contributed by atoms with Gasteiger partial charge in [-0.1, -0.05) is 35.3 Å². The van der Waals surface area contributed by atoms with Gasteiger partial charge < -0.3 is 14.8 Å². The van der Waals surface area contributed by atoms with Crippen molar-refractivity contribution in [3.8, 4) is 16.9 Å². The Hall–Kier alpha value is -4.88. The molecule has 0 radical (unpaired) electrons. The molecule has 0 spiro atoms. The molecular formula is C26H22Cl2N8O5. The second kappa shape index (κ2) is 13.5. The van der Waals surface area contributed by atoms with Gasteiger partial charge in [-0.15, -0.1) is 15.3 Å². The summed E-state index contributed by atoms with van der Waals surface area (Å²) in [5, 5.41) is 25.0. The molecule has 2 aromatic heterocycles. The predicted molar refractivity (Wildman–Crippen MR) is 149 cm³/mol. The van der Waals surface area contributed by atoms with Gasteiger partial charge in [-0.25, -0.2) is 4.79 Å². The molecule has 1 atom stereocenters. The molecule has 4 rings (SSSR count). The monoisotopic (exact) mass is 596 g/mol. The number of anilines is 1. The number of tetrazole rings is 1. The average molecular weight is 597 g/mol. The first-order valence-corrected chi connectivity index (χ1v) is 12.6. The van der Waals surface area contributed by atoms with Gasteiger partial charge in [-0.05, 0) is 52.9 Å². The number of aromatic nitrogens is 6. The molecule has 13 nitrogen and oxygen atoms in total. The van der Waals surface area contributed by atoms with Crippen molar-refractivity contribution in [2.24, 2.45) is 0 Å². The van der Waals surface area contributed by atoms with Crippen LogP contribution in [0.15, 0.2) is 60.9 Å². The van der Waals surface area contributed by atoms with Gasteiger partial charge >= 0.3 is 12.1 Å². The van der Waals surface area contributed by atoms with Gasteiger partial charge in [0.2, 0.25) is 5.91 Å². The molecule has 15 heteroatoms. The lowest BCUT2D eigenvalue weighted by Gasteiger charge is -2.18. The minimum absolute atomic E-state index is 0.00767. The van der Waals surface area contributed by atoms with Crippen LogP contribution in [-0.4, -0.2) is 62.6 Å². The number of hydrogen-bond acceptors (Lipinski definition) is 10. The van der Waals surface area contributed by atoms with Crippen molar-refractivity contribution in [3.05, 3.63) is 82.2 Å². The van der Waals surface area contributed by atoms with Gasteiger partial charge in [0.25, 0.3) is 0 Å². The van der Waals surface area contributed by atoms with Gasteiger partial charge in [0, 0.05) is 33.5 Å². The van der Waals surface area contributed by atoms with Crippen molar-refractivity contribution in [2.75, 3.05) is 19.5 Å². The fraction of sp³-hybridized carbons (Fsp3) is 0.154. The van der Waals surface area contributed by atoms with E-state index >= 15 is 0 Å². The van der Waals surface area contributed by atoms with E-state index in [1.807, 2.05) is 0 Å². The number of hydrogen-bond donors (Lipinski definition) is 2. The first-order chi connectivity index (χ1) is 19.8. The summed E-state index contributed by atoms with van der Waals surface area (Å²) in [4.78, 5) is 36.7. The zero-order chi connectivity index (χ0) is 29.4. The molecular weight excluding hydrogens is 575 g/mol. The lowest BCUT2D eigenvalue weighted by Crippen LogP contribution is -2.29. The Bertz CT molecular complexity index is 1580. The smallest absolute Gasteiger partial charge is 0.411 e. The Morgan fingerprint density at radius 1 is 1.02 bits per heavy atom. The highest BCUT2D eigenvalue weighted by atomic mass is 35.5. The number of methoxy groups -OCH3 is 2. The summed E-state index contributed by atoms with van der Waals surface area (Å²) < 4.78 is 10.8. The zero-order valence-electron chi connectivity index (χ0n) is 21.6. The number of halogens is 2. The molecule has 2 aromatic carbocycles. The molecule has 4 aromatic rings. The number of carbonyl (C=O) groups is 3. The van der Waals surface area contributed by atoms with Gasteiger partial charge in [0.15, 0.2) is 5.15 Å². The quantitative estimate of drug-likeness (QED) is 0.213. The molecule has 0 aliphatic heterocycles. The highest BCUT2D eigenvalue weighted by molar-refractivity contribution is 6.31. The Kier molecular flexibility index (Phi) is 9.55.